The van der Waals surface area contributed by atoms with E-state index in [1.165, 1.54) is 23.2 Å². The molecule has 142 valence electrons. The Kier molecular flexibility index (Phi) is 4.23. The zero-order chi connectivity index (χ0) is 19.9. The van der Waals surface area contributed by atoms with E-state index in [0.717, 1.165) is 0 Å². The number of pyridine rings is 1. The van der Waals surface area contributed by atoms with Gasteiger partial charge < -0.3 is 15.5 Å². The SMILES string of the molecule is C[C@H](NC(=O)CN1C(=O)Nc2ccc(F)cc2C12CC2)c1ccc(C#N)cn1. The summed E-state index contributed by atoms with van der Waals surface area (Å²) < 4.78 is 13.7. The van der Waals surface area contributed by atoms with E-state index in [1.54, 1.807) is 25.1 Å². The molecule has 1 fully saturated rings. The van der Waals surface area contributed by atoms with Gasteiger partial charge in [-0.05, 0) is 50.1 Å². The molecule has 8 heteroatoms. The van der Waals surface area contributed by atoms with Crippen molar-refractivity contribution < 1.29 is 14.0 Å². The number of fused-ring (bicyclic) bond motifs is 2. The number of nitrogens with zero attached hydrogens (tertiary/aromatic N) is 3. The van der Waals surface area contributed by atoms with Crippen LogP contribution in [0.15, 0.2) is 36.5 Å². The van der Waals surface area contributed by atoms with Gasteiger partial charge in [-0.25, -0.2) is 9.18 Å². The first kappa shape index (κ1) is 17.9. The molecular formula is C20H18FN5O2. The molecule has 1 atom stereocenters. The molecule has 0 unspecified atom stereocenters. The van der Waals surface area contributed by atoms with E-state index in [4.69, 9.17) is 5.26 Å². The minimum Gasteiger partial charge on any atom is -0.346 e. The number of nitrogens with one attached hydrogen (secondary N) is 2. The second-order valence-corrected chi connectivity index (χ2v) is 7.11. The van der Waals surface area contributed by atoms with E-state index in [0.29, 0.717) is 35.3 Å². The van der Waals surface area contributed by atoms with E-state index in [9.17, 15) is 14.0 Å². The predicted octanol–water partition coefficient (Wildman–Crippen LogP) is 2.81. The molecule has 1 saturated carbocycles. The highest BCUT2D eigenvalue weighted by Crippen LogP contribution is 2.55. The van der Waals surface area contributed by atoms with Crippen LogP contribution in [0.5, 0.6) is 0 Å². The van der Waals surface area contributed by atoms with E-state index < -0.39 is 5.54 Å². The van der Waals surface area contributed by atoms with Crippen molar-refractivity contribution in [2.75, 3.05) is 11.9 Å². The summed E-state index contributed by atoms with van der Waals surface area (Å²) in [7, 11) is 0. The summed E-state index contributed by atoms with van der Waals surface area (Å²) in [4.78, 5) is 30.8. The number of hydrogen-bond acceptors (Lipinski definition) is 4. The quantitative estimate of drug-likeness (QED) is 0.853. The Labute approximate surface area is 161 Å². The third-order valence-electron chi connectivity index (χ3n) is 5.25. The van der Waals surface area contributed by atoms with Crippen LogP contribution in [0.2, 0.25) is 0 Å². The fourth-order valence-corrected chi connectivity index (χ4v) is 3.65. The minimum atomic E-state index is -0.618. The molecule has 0 saturated heterocycles. The summed E-state index contributed by atoms with van der Waals surface area (Å²) in [5, 5.41) is 14.4. The summed E-state index contributed by atoms with van der Waals surface area (Å²) >= 11 is 0. The molecule has 0 radical (unpaired) electrons. The molecule has 1 aliphatic heterocycles. The van der Waals surface area contributed by atoms with E-state index in [1.807, 2.05) is 6.07 Å². The highest BCUT2D eigenvalue weighted by atomic mass is 19.1. The van der Waals surface area contributed by atoms with E-state index >= 15 is 0 Å². The maximum absolute atomic E-state index is 13.7. The molecule has 7 nitrogen and oxygen atoms in total. The number of carbonyl (C=O) groups is 2. The lowest BCUT2D eigenvalue weighted by Crippen LogP contribution is -2.51. The molecular weight excluding hydrogens is 361 g/mol. The smallest absolute Gasteiger partial charge is 0.323 e. The number of halogens is 1. The first-order valence-electron chi connectivity index (χ1n) is 8.97. The number of benzene rings is 1. The molecule has 1 aromatic heterocycles. The van der Waals surface area contributed by atoms with Crippen LogP contribution in [0, 0.1) is 17.1 Å². The molecule has 2 heterocycles. The lowest BCUT2D eigenvalue weighted by Gasteiger charge is -2.37. The summed E-state index contributed by atoms with van der Waals surface area (Å²) in [6, 6.07) is 8.85. The standard InChI is InChI=1S/C20H18FN5O2/c1-12(16-4-2-13(9-22)10-23-16)24-18(27)11-26-19(28)25-17-5-3-14(21)8-15(17)20(26)6-7-20/h2-5,8,10,12H,6-7,11H2,1H3,(H,24,27)(H,25,28)/t12-/m0/s1. The van der Waals surface area contributed by atoms with Gasteiger partial charge in [0.05, 0.1) is 22.8 Å². The number of rotatable bonds is 4. The van der Waals surface area contributed by atoms with Crippen LogP contribution < -0.4 is 10.6 Å². The van der Waals surface area contributed by atoms with Gasteiger partial charge in [0, 0.05) is 17.4 Å². The van der Waals surface area contributed by atoms with Crippen molar-refractivity contribution in [1.29, 1.82) is 5.26 Å². The zero-order valence-electron chi connectivity index (χ0n) is 15.2. The van der Waals surface area contributed by atoms with Crippen LogP contribution in [0.4, 0.5) is 14.9 Å². The largest absolute Gasteiger partial charge is 0.346 e. The lowest BCUT2D eigenvalue weighted by atomic mass is 9.98. The first-order valence-corrected chi connectivity index (χ1v) is 8.97. The van der Waals surface area contributed by atoms with Gasteiger partial charge >= 0.3 is 6.03 Å². The van der Waals surface area contributed by atoms with Crippen molar-refractivity contribution in [3.05, 3.63) is 59.2 Å². The van der Waals surface area contributed by atoms with Crippen molar-refractivity contribution in [3.8, 4) is 6.07 Å². The van der Waals surface area contributed by atoms with Crippen LogP contribution in [0.1, 0.15) is 42.6 Å². The van der Waals surface area contributed by atoms with Crippen LogP contribution in [0.3, 0.4) is 0 Å². The molecule has 2 N–H and O–H groups in total. The van der Waals surface area contributed by atoms with Gasteiger partial charge in [-0.2, -0.15) is 5.26 Å². The summed E-state index contributed by atoms with van der Waals surface area (Å²) in [6.45, 7) is 1.64. The highest BCUT2D eigenvalue weighted by molar-refractivity contribution is 5.96. The number of hydrogen-bond donors (Lipinski definition) is 2. The van der Waals surface area contributed by atoms with Crippen LogP contribution >= 0.6 is 0 Å². The van der Waals surface area contributed by atoms with Crippen molar-refractivity contribution >= 4 is 17.6 Å². The third kappa shape index (κ3) is 3.05. The fourth-order valence-electron chi connectivity index (χ4n) is 3.65. The second-order valence-electron chi connectivity index (χ2n) is 7.11. The van der Waals surface area contributed by atoms with Crippen LogP contribution in [-0.2, 0) is 10.3 Å². The predicted molar refractivity (Wildman–Crippen MR) is 98.5 cm³/mol. The average molecular weight is 379 g/mol. The summed E-state index contributed by atoms with van der Waals surface area (Å²) in [5.41, 5.74) is 1.74. The van der Waals surface area contributed by atoms with Crippen molar-refractivity contribution in [2.45, 2.75) is 31.3 Å². The Balaban J connectivity index is 1.48. The first-order chi connectivity index (χ1) is 13.4. The zero-order valence-corrected chi connectivity index (χ0v) is 15.2. The van der Waals surface area contributed by atoms with E-state index in [-0.39, 0.29) is 30.3 Å². The van der Waals surface area contributed by atoms with Gasteiger partial charge in [-0.3, -0.25) is 9.78 Å². The van der Waals surface area contributed by atoms with Gasteiger partial charge in [-0.1, -0.05) is 0 Å². The number of carbonyl (C=O) groups excluding carboxylic acids is 2. The Hall–Kier alpha value is -3.47. The summed E-state index contributed by atoms with van der Waals surface area (Å²) in [6.07, 6.45) is 2.83. The third-order valence-corrected chi connectivity index (χ3v) is 5.25. The minimum absolute atomic E-state index is 0.137. The number of amides is 3. The molecule has 4 rings (SSSR count). The Morgan fingerprint density at radius 2 is 2.21 bits per heavy atom. The number of aromatic nitrogens is 1. The normalized spacial score (nSPS) is 17.3. The van der Waals surface area contributed by atoms with Crippen molar-refractivity contribution in [1.82, 2.24) is 15.2 Å². The lowest BCUT2D eigenvalue weighted by molar-refractivity contribution is -0.123. The second kappa shape index (κ2) is 6.60. The van der Waals surface area contributed by atoms with Crippen molar-refractivity contribution in [2.24, 2.45) is 0 Å². The monoisotopic (exact) mass is 379 g/mol. The molecule has 2 aliphatic rings. The van der Waals surface area contributed by atoms with Gasteiger partial charge in [0.1, 0.15) is 18.4 Å². The molecule has 2 aromatic rings. The fraction of sp³-hybridized carbons (Fsp3) is 0.300. The average Bonchev–Trinajstić information content (AvgIpc) is 3.47. The molecule has 1 aliphatic carbocycles. The highest BCUT2D eigenvalue weighted by Gasteiger charge is 2.55. The maximum Gasteiger partial charge on any atom is 0.323 e. The molecule has 3 amide bonds. The number of urea groups is 1. The van der Waals surface area contributed by atoms with Gasteiger partial charge in [0.2, 0.25) is 5.91 Å². The van der Waals surface area contributed by atoms with Crippen LogP contribution in [0.25, 0.3) is 0 Å². The van der Waals surface area contributed by atoms with Crippen LogP contribution in [-0.4, -0.2) is 28.4 Å². The molecule has 0 bridgehead atoms. The molecule has 1 spiro atoms. The molecule has 1 aromatic carbocycles. The van der Waals surface area contributed by atoms with Gasteiger partial charge in [0.25, 0.3) is 0 Å². The number of anilines is 1. The Bertz CT molecular complexity index is 995. The van der Waals surface area contributed by atoms with Gasteiger partial charge in [-0.15, -0.1) is 0 Å². The van der Waals surface area contributed by atoms with Crippen molar-refractivity contribution in [3.63, 3.8) is 0 Å². The maximum atomic E-state index is 13.7. The Morgan fingerprint density at radius 1 is 1.43 bits per heavy atom. The number of nitriles is 1. The molecule has 28 heavy (non-hydrogen) atoms. The topological polar surface area (TPSA) is 98.1 Å². The Morgan fingerprint density at radius 3 is 2.86 bits per heavy atom. The summed E-state index contributed by atoms with van der Waals surface area (Å²) in [5.74, 6) is -0.703. The van der Waals surface area contributed by atoms with E-state index in [2.05, 4.69) is 15.6 Å². The van der Waals surface area contributed by atoms with Gasteiger partial charge in [0.15, 0.2) is 0 Å².